The van der Waals surface area contributed by atoms with Crippen molar-refractivity contribution in [3.05, 3.63) is 23.8 Å². The number of hydrogen-bond acceptors (Lipinski definition) is 3. The fourth-order valence-electron chi connectivity index (χ4n) is 2.32. The average Bonchev–Trinajstić information content (AvgIpc) is 2.63. The molecule has 2 aliphatic heterocycles. The minimum Gasteiger partial charge on any atom is -0.395 e. The van der Waals surface area contributed by atoms with E-state index in [4.69, 9.17) is 0 Å². The van der Waals surface area contributed by atoms with Crippen molar-refractivity contribution >= 4 is 12.4 Å². The number of hydrogen-bond donors (Lipinski definition) is 1. The molecule has 1 N–H and O–H groups in total. The minimum atomic E-state index is -3.53. The van der Waals surface area contributed by atoms with Crippen LogP contribution in [-0.4, -0.2) is 12.8 Å². The zero-order valence-electron chi connectivity index (χ0n) is 9.62. The molecular weight excluding hydrogens is 264 g/mol. The molecule has 0 aliphatic carbocycles. The molecule has 1 atom stereocenters. The summed E-state index contributed by atoms with van der Waals surface area (Å²) in [5.41, 5.74) is 0.977. The van der Waals surface area contributed by atoms with E-state index in [0.29, 0.717) is 0 Å². The first-order chi connectivity index (χ1) is 8.14. The molecule has 1 aromatic rings. The second-order valence-electron chi connectivity index (χ2n) is 4.38. The summed E-state index contributed by atoms with van der Waals surface area (Å²) in [6, 6.07) is 5.22. The van der Waals surface area contributed by atoms with Crippen LogP contribution in [0.2, 0.25) is 0 Å². The largest absolute Gasteiger partial charge is 0.586 e. The summed E-state index contributed by atoms with van der Waals surface area (Å²) < 4.78 is 34.5. The number of benzene rings is 1. The Kier molecular flexibility index (Phi) is 3.64. The molecule has 6 heteroatoms. The lowest BCUT2D eigenvalue weighted by atomic mass is 9.97. The first-order valence-corrected chi connectivity index (χ1v) is 5.77. The fourth-order valence-corrected chi connectivity index (χ4v) is 2.32. The molecule has 0 saturated carbocycles. The number of piperidine rings is 1. The third-order valence-electron chi connectivity index (χ3n) is 3.14. The van der Waals surface area contributed by atoms with Gasteiger partial charge in [-0.25, -0.2) is 0 Å². The Morgan fingerprint density at radius 3 is 2.67 bits per heavy atom. The predicted molar refractivity (Wildman–Crippen MR) is 64.5 cm³/mol. The molecule has 3 rings (SSSR count). The average molecular weight is 278 g/mol. The van der Waals surface area contributed by atoms with Gasteiger partial charge in [0.1, 0.15) is 0 Å². The summed E-state index contributed by atoms with van der Waals surface area (Å²) in [5, 5.41) is 3.36. The maximum Gasteiger partial charge on any atom is 0.586 e. The molecule has 1 fully saturated rings. The van der Waals surface area contributed by atoms with Gasteiger partial charge in [-0.3, -0.25) is 0 Å². The van der Waals surface area contributed by atoms with E-state index in [9.17, 15) is 8.78 Å². The summed E-state index contributed by atoms with van der Waals surface area (Å²) in [6.07, 6.45) is -0.182. The third-order valence-corrected chi connectivity index (χ3v) is 3.14. The molecule has 0 radical (unpaired) electrons. The smallest absolute Gasteiger partial charge is 0.395 e. The number of halogens is 3. The van der Waals surface area contributed by atoms with Gasteiger partial charge in [-0.1, -0.05) is 12.5 Å². The number of ether oxygens (including phenoxy) is 2. The molecule has 100 valence electrons. The quantitative estimate of drug-likeness (QED) is 0.855. The van der Waals surface area contributed by atoms with Gasteiger partial charge < -0.3 is 14.8 Å². The van der Waals surface area contributed by atoms with Crippen molar-refractivity contribution in [2.24, 2.45) is 0 Å². The molecule has 1 aromatic carbocycles. The predicted octanol–water partition coefficient (Wildman–Crippen LogP) is 3.24. The van der Waals surface area contributed by atoms with Crippen LogP contribution in [0.4, 0.5) is 8.78 Å². The standard InChI is InChI=1S/C12H13F2NO2.ClH/c13-12(14)16-10-5-4-8(7-11(10)17-12)9-3-1-2-6-15-9;/h4-5,7,9,15H,1-3,6H2;1H/t9-;/m0./s1. The highest BCUT2D eigenvalue weighted by Crippen LogP contribution is 2.42. The van der Waals surface area contributed by atoms with E-state index in [1.165, 1.54) is 6.42 Å². The molecule has 1 saturated heterocycles. The highest BCUT2D eigenvalue weighted by Gasteiger charge is 2.43. The van der Waals surface area contributed by atoms with E-state index in [0.717, 1.165) is 24.9 Å². The van der Waals surface area contributed by atoms with Crippen LogP contribution in [0, 0.1) is 0 Å². The summed E-state index contributed by atoms with van der Waals surface area (Å²) in [7, 11) is 0. The van der Waals surface area contributed by atoms with Crippen LogP contribution in [0.3, 0.4) is 0 Å². The maximum absolute atomic E-state index is 12.9. The lowest BCUT2D eigenvalue weighted by Crippen LogP contribution is -2.26. The van der Waals surface area contributed by atoms with Gasteiger partial charge in [0.15, 0.2) is 11.5 Å². The van der Waals surface area contributed by atoms with E-state index >= 15 is 0 Å². The molecule has 0 unspecified atom stereocenters. The summed E-state index contributed by atoms with van der Waals surface area (Å²) in [4.78, 5) is 0. The van der Waals surface area contributed by atoms with Gasteiger partial charge in [0.05, 0.1) is 0 Å². The van der Waals surface area contributed by atoms with Crippen molar-refractivity contribution in [3.63, 3.8) is 0 Å². The van der Waals surface area contributed by atoms with Gasteiger partial charge in [-0.2, -0.15) is 0 Å². The Morgan fingerprint density at radius 1 is 1.17 bits per heavy atom. The Balaban J connectivity index is 0.00000120. The van der Waals surface area contributed by atoms with Gasteiger partial charge in [-0.05, 0) is 37.1 Å². The summed E-state index contributed by atoms with van der Waals surface area (Å²) >= 11 is 0. The lowest BCUT2D eigenvalue weighted by Gasteiger charge is -2.23. The molecule has 3 nitrogen and oxygen atoms in total. The Bertz CT molecular complexity index is 436. The van der Waals surface area contributed by atoms with Gasteiger partial charge in [0, 0.05) is 6.04 Å². The van der Waals surface area contributed by atoms with E-state index in [1.54, 1.807) is 12.1 Å². The van der Waals surface area contributed by atoms with Crippen molar-refractivity contribution in [2.45, 2.75) is 31.6 Å². The molecule has 2 aliphatic rings. The Morgan fingerprint density at radius 2 is 1.94 bits per heavy atom. The van der Waals surface area contributed by atoms with Crippen molar-refractivity contribution in [1.29, 1.82) is 0 Å². The Hall–Kier alpha value is -1.07. The zero-order valence-corrected chi connectivity index (χ0v) is 10.4. The second kappa shape index (κ2) is 4.90. The highest BCUT2D eigenvalue weighted by molar-refractivity contribution is 5.85. The second-order valence-corrected chi connectivity index (χ2v) is 4.38. The molecule has 0 bridgehead atoms. The number of fused-ring (bicyclic) bond motifs is 1. The molecule has 2 heterocycles. The van der Waals surface area contributed by atoms with Crippen LogP contribution in [0.1, 0.15) is 30.9 Å². The van der Waals surface area contributed by atoms with E-state index < -0.39 is 6.29 Å². The van der Waals surface area contributed by atoms with E-state index in [1.807, 2.05) is 6.07 Å². The van der Waals surface area contributed by atoms with Crippen molar-refractivity contribution in [2.75, 3.05) is 6.54 Å². The molecule has 0 spiro atoms. The monoisotopic (exact) mass is 277 g/mol. The lowest BCUT2D eigenvalue weighted by molar-refractivity contribution is -0.286. The SMILES string of the molecule is Cl.FC1(F)Oc2ccc([C@@H]3CCCCN3)cc2O1. The molecule has 0 amide bonds. The Labute approximate surface area is 110 Å². The fraction of sp³-hybridized carbons (Fsp3) is 0.500. The highest BCUT2D eigenvalue weighted by atomic mass is 35.5. The number of nitrogens with one attached hydrogen (secondary N) is 1. The van der Waals surface area contributed by atoms with Gasteiger partial charge >= 0.3 is 6.29 Å². The van der Waals surface area contributed by atoms with Gasteiger partial charge in [0.2, 0.25) is 0 Å². The molecule has 18 heavy (non-hydrogen) atoms. The van der Waals surface area contributed by atoms with Crippen molar-refractivity contribution < 1.29 is 18.3 Å². The van der Waals surface area contributed by atoms with Crippen molar-refractivity contribution in [1.82, 2.24) is 5.32 Å². The van der Waals surface area contributed by atoms with Crippen LogP contribution in [0.15, 0.2) is 18.2 Å². The topological polar surface area (TPSA) is 30.5 Å². The molecule has 0 aromatic heterocycles. The maximum atomic E-state index is 12.9. The molecular formula is C12H14ClF2NO2. The summed E-state index contributed by atoms with van der Waals surface area (Å²) in [6.45, 7) is 0.968. The minimum absolute atomic E-state index is 0. The van der Waals surface area contributed by atoms with Gasteiger partial charge in [-0.15, -0.1) is 21.2 Å². The van der Waals surface area contributed by atoms with E-state index in [-0.39, 0.29) is 29.9 Å². The number of rotatable bonds is 1. The van der Waals surface area contributed by atoms with Crippen molar-refractivity contribution in [3.8, 4) is 11.5 Å². The van der Waals surface area contributed by atoms with Crippen LogP contribution < -0.4 is 14.8 Å². The first kappa shape index (κ1) is 13.4. The number of alkyl halides is 2. The van der Waals surface area contributed by atoms with Crippen LogP contribution in [-0.2, 0) is 0 Å². The third kappa shape index (κ3) is 2.52. The summed E-state index contributed by atoms with van der Waals surface area (Å²) in [5.74, 6) is 0.231. The van der Waals surface area contributed by atoms with Crippen LogP contribution in [0.25, 0.3) is 0 Å². The first-order valence-electron chi connectivity index (χ1n) is 5.77. The van der Waals surface area contributed by atoms with E-state index in [2.05, 4.69) is 14.8 Å². The van der Waals surface area contributed by atoms with Crippen LogP contribution >= 0.6 is 12.4 Å². The zero-order chi connectivity index (χ0) is 11.9. The normalized spacial score (nSPS) is 24.4. The van der Waals surface area contributed by atoms with Crippen LogP contribution in [0.5, 0.6) is 11.5 Å². The van der Waals surface area contributed by atoms with Gasteiger partial charge in [0.25, 0.3) is 0 Å².